The Kier molecular flexibility index (Phi) is 2.35. The van der Waals surface area contributed by atoms with E-state index in [2.05, 4.69) is 9.88 Å². The third kappa shape index (κ3) is 1.60. The number of aromatic nitrogens is 1. The Labute approximate surface area is 99.1 Å². The van der Waals surface area contributed by atoms with E-state index in [9.17, 15) is 4.39 Å². The lowest BCUT2D eigenvalue weighted by Gasteiger charge is -2.20. The van der Waals surface area contributed by atoms with E-state index < -0.39 is 0 Å². The SMILES string of the molecule is Nc1cc(F)c(N2CCCC2)c2ncccc12. The van der Waals surface area contributed by atoms with E-state index in [-0.39, 0.29) is 5.82 Å². The fraction of sp³-hybridized carbons (Fsp3) is 0.308. The summed E-state index contributed by atoms with van der Waals surface area (Å²) in [6.07, 6.45) is 3.90. The number of halogens is 1. The molecule has 2 N–H and O–H groups in total. The molecule has 0 radical (unpaired) electrons. The van der Waals surface area contributed by atoms with E-state index in [0.717, 1.165) is 31.3 Å². The zero-order valence-corrected chi connectivity index (χ0v) is 9.49. The van der Waals surface area contributed by atoms with Crippen molar-refractivity contribution in [1.29, 1.82) is 0 Å². The molecule has 2 aromatic rings. The van der Waals surface area contributed by atoms with E-state index >= 15 is 0 Å². The van der Waals surface area contributed by atoms with Gasteiger partial charge in [-0.2, -0.15) is 0 Å². The van der Waals surface area contributed by atoms with Crippen LogP contribution in [0.15, 0.2) is 24.4 Å². The van der Waals surface area contributed by atoms with Crippen molar-refractivity contribution in [2.75, 3.05) is 23.7 Å². The number of nitrogen functional groups attached to an aromatic ring is 1. The minimum atomic E-state index is -0.268. The third-order valence-electron chi connectivity index (χ3n) is 3.27. The van der Waals surface area contributed by atoms with Crippen molar-refractivity contribution in [1.82, 2.24) is 4.98 Å². The lowest BCUT2D eigenvalue weighted by atomic mass is 10.1. The zero-order valence-electron chi connectivity index (χ0n) is 9.49. The highest BCUT2D eigenvalue weighted by atomic mass is 19.1. The summed E-state index contributed by atoms with van der Waals surface area (Å²) in [4.78, 5) is 6.35. The molecule has 1 fully saturated rings. The van der Waals surface area contributed by atoms with Crippen LogP contribution in [0.25, 0.3) is 10.9 Å². The van der Waals surface area contributed by atoms with Crippen LogP contribution in [0.4, 0.5) is 15.8 Å². The van der Waals surface area contributed by atoms with Gasteiger partial charge in [-0.1, -0.05) is 0 Å². The number of hydrogen-bond donors (Lipinski definition) is 1. The zero-order chi connectivity index (χ0) is 11.8. The third-order valence-corrected chi connectivity index (χ3v) is 3.27. The molecule has 0 unspecified atom stereocenters. The van der Waals surface area contributed by atoms with E-state index in [1.54, 1.807) is 6.20 Å². The van der Waals surface area contributed by atoms with Gasteiger partial charge in [0.2, 0.25) is 0 Å². The van der Waals surface area contributed by atoms with E-state index in [4.69, 9.17) is 5.73 Å². The molecule has 1 saturated heterocycles. The topological polar surface area (TPSA) is 42.1 Å². The molecule has 0 atom stereocenters. The van der Waals surface area contributed by atoms with Crippen molar-refractivity contribution in [3.05, 3.63) is 30.2 Å². The van der Waals surface area contributed by atoms with Crippen LogP contribution in [0.1, 0.15) is 12.8 Å². The van der Waals surface area contributed by atoms with Crippen LogP contribution < -0.4 is 10.6 Å². The van der Waals surface area contributed by atoms with Crippen LogP contribution in [0.2, 0.25) is 0 Å². The minimum absolute atomic E-state index is 0.268. The summed E-state index contributed by atoms with van der Waals surface area (Å²) in [6, 6.07) is 5.11. The van der Waals surface area contributed by atoms with E-state index in [0.29, 0.717) is 16.9 Å². The quantitative estimate of drug-likeness (QED) is 0.767. The van der Waals surface area contributed by atoms with Crippen LogP contribution in [-0.2, 0) is 0 Å². The molecule has 1 aromatic carbocycles. The number of nitrogens with two attached hydrogens (primary N) is 1. The molecular formula is C13H14FN3. The average molecular weight is 231 g/mol. The molecule has 4 heteroatoms. The molecule has 0 aliphatic carbocycles. The van der Waals surface area contributed by atoms with Gasteiger partial charge in [0.15, 0.2) is 5.82 Å². The van der Waals surface area contributed by atoms with Crippen LogP contribution in [0.5, 0.6) is 0 Å². The monoisotopic (exact) mass is 231 g/mol. The average Bonchev–Trinajstić information content (AvgIpc) is 2.83. The number of hydrogen-bond acceptors (Lipinski definition) is 3. The lowest BCUT2D eigenvalue weighted by molar-refractivity contribution is 0.625. The molecule has 2 heterocycles. The molecule has 3 nitrogen and oxygen atoms in total. The first-order valence-electron chi connectivity index (χ1n) is 5.85. The first-order valence-corrected chi connectivity index (χ1v) is 5.85. The largest absolute Gasteiger partial charge is 0.398 e. The van der Waals surface area contributed by atoms with Gasteiger partial charge in [0, 0.05) is 30.4 Å². The van der Waals surface area contributed by atoms with Gasteiger partial charge in [-0.15, -0.1) is 0 Å². The Balaban J connectivity index is 2.28. The predicted octanol–water partition coefficient (Wildman–Crippen LogP) is 2.56. The Bertz CT molecular complexity index is 562. The molecule has 88 valence electrons. The van der Waals surface area contributed by atoms with Gasteiger partial charge in [-0.3, -0.25) is 4.98 Å². The van der Waals surface area contributed by atoms with Crippen LogP contribution in [0, 0.1) is 5.82 Å². The van der Waals surface area contributed by atoms with Crippen molar-refractivity contribution < 1.29 is 4.39 Å². The predicted molar refractivity (Wildman–Crippen MR) is 67.6 cm³/mol. The van der Waals surface area contributed by atoms with Crippen molar-refractivity contribution in [3.63, 3.8) is 0 Å². The smallest absolute Gasteiger partial charge is 0.150 e. The maximum absolute atomic E-state index is 14.1. The highest BCUT2D eigenvalue weighted by molar-refractivity contribution is 5.98. The molecule has 1 aliphatic heterocycles. The highest BCUT2D eigenvalue weighted by Crippen LogP contribution is 2.33. The van der Waals surface area contributed by atoms with Crippen molar-refractivity contribution >= 4 is 22.3 Å². The summed E-state index contributed by atoms with van der Waals surface area (Å²) in [6.45, 7) is 1.79. The van der Waals surface area contributed by atoms with Crippen molar-refractivity contribution in [2.24, 2.45) is 0 Å². The van der Waals surface area contributed by atoms with Gasteiger partial charge in [0.05, 0.1) is 11.2 Å². The Morgan fingerprint density at radius 1 is 1.29 bits per heavy atom. The maximum Gasteiger partial charge on any atom is 0.150 e. The number of rotatable bonds is 1. The summed E-state index contributed by atoms with van der Waals surface area (Å²) in [5.74, 6) is -0.268. The minimum Gasteiger partial charge on any atom is -0.398 e. The second kappa shape index (κ2) is 3.87. The number of anilines is 2. The molecule has 1 aliphatic rings. The van der Waals surface area contributed by atoms with Crippen molar-refractivity contribution in [2.45, 2.75) is 12.8 Å². The van der Waals surface area contributed by atoms with Gasteiger partial charge >= 0.3 is 0 Å². The van der Waals surface area contributed by atoms with Gasteiger partial charge in [0.1, 0.15) is 0 Å². The molecule has 0 saturated carbocycles. The van der Waals surface area contributed by atoms with Gasteiger partial charge in [0.25, 0.3) is 0 Å². The summed E-state index contributed by atoms with van der Waals surface area (Å²) in [5.41, 5.74) is 7.56. The Morgan fingerprint density at radius 2 is 2.06 bits per heavy atom. The molecule has 0 amide bonds. The first-order chi connectivity index (χ1) is 8.27. The summed E-state index contributed by atoms with van der Waals surface area (Å²) in [7, 11) is 0. The van der Waals surface area contributed by atoms with Gasteiger partial charge in [-0.05, 0) is 31.0 Å². The van der Waals surface area contributed by atoms with Gasteiger partial charge in [-0.25, -0.2) is 4.39 Å². The number of pyridine rings is 1. The van der Waals surface area contributed by atoms with Crippen LogP contribution in [-0.4, -0.2) is 18.1 Å². The van der Waals surface area contributed by atoms with E-state index in [1.807, 2.05) is 12.1 Å². The van der Waals surface area contributed by atoms with Gasteiger partial charge < -0.3 is 10.6 Å². The molecule has 17 heavy (non-hydrogen) atoms. The lowest BCUT2D eigenvalue weighted by Crippen LogP contribution is -2.20. The van der Waals surface area contributed by atoms with Crippen LogP contribution in [0.3, 0.4) is 0 Å². The fourth-order valence-corrected chi connectivity index (χ4v) is 2.46. The van der Waals surface area contributed by atoms with Crippen LogP contribution >= 0.6 is 0 Å². The summed E-state index contributed by atoms with van der Waals surface area (Å²) < 4.78 is 14.1. The second-order valence-electron chi connectivity index (χ2n) is 4.39. The van der Waals surface area contributed by atoms with E-state index in [1.165, 1.54) is 6.07 Å². The second-order valence-corrected chi connectivity index (χ2v) is 4.39. The van der Waals surface area contributed by atoms with Crippen molar-refractivity contribution in [3.8, 4) is 0 Å². The maximum atomic E-state index is 14.1. The molecule has 3 rings (SSSR count). The standard InChI is InChI=1S/C13H14FN3/c14-10-8-11(15)9-4-3-5-16-12(9)13(10)17-6-1-2-7-17/h3-5,8H,1-2,6-7,15H2. The number of nitrogens with zero attached hydrogens (tertiary/aromatic N) is 2. The first kappa shape index (κ1) is 10.3. The Hall–Kier alpha value is -1.84. The molecule has 1 aromatic heterocycles. The molecular weight excluding hydrogens is 217 g/mol. The number of benzene rings is 1. The summed E-state index contributed by atoms with van der Waals surface area (Å²) >= 11 is 0. The summed E-state index contributed by atoms with van der Waals surface area (Å²) in [5, 5.41) is 0.829. The molecule has 0 spiro atoms. The number of fused-ring (bicyclic) bond motifs is 1. The normalized spacial score (nSPS) is 15.7. The Morgan fingerprint density at radius 3 is 2.82 bits per heavy atom. The fourth-order valence-electron chi connectivity index (χ4n) is 2.46. The highest BCUT2D eigenvalue weighted by Gasteiger charge is 2.20. The molecule has 0 bridgehead atoms.